The third kappa shape index (κ3) is 3.24. The smallest absolute Gasteiger partial charge is 0.227 e. The van der Waals surface area contributed by atoms with Crippen LogP contribution in [-0.4, -0.2) is 33.1 Å². The third-order valence-electron chi connectivity index (χ3n) is 4.96. The van der Waals surface area contributed by atoms with Gasteiger partial charge in [-0.25, -0.2) is 19.3 Å². The van der Waals surface area contributed by atoms with Gasteiger partial charge >= 0.3 is 0 Å². The standard InChI is InChI=1S/C20H18FN7OS/c1-10-4-11(12-6-15-18(24-7-12)30-19(23)26-15)5-13-9-28(2-3-29-16(10)13)20-25-8-14(21)17(22)27-20/h4-8H,2-3,9H2,1H3,(H2,23,26)(H2,22,25,27). The van der Waals surface area contributed by atoms with Crippen molar-refractivity contribution in [1.82, 2.24) is 19.9 Å². The molecule has 0 aliphatic carbocycles. The van der Waals surface area contributed by atoms with Crippen LogP contribution in [0.2, 0.25) is 0 Å². The number of nitrogens with zero attached hydrogens (tertiary/aromatic N) is 5. The first-order valence-corrected chi connectivity index (χ1v) is 10.1. The lowest BCUT2D eigenvalue weighted by molar-refractivity contribution is 0.329. The van der Waals surface area contributed by atoms with E-state index in [9.17, 15) is 4.39 Å². The molecule has 0 bridgehead atoms. The van der Waals surface area contributed by atoms with E-state index in [1.54, 1.807) is 0 Å². The molecule has 10 heteroatoms. The lowest BCUT2D eigenvalue weighted by atomic mass is 10.00. The molecular weight excluding hydrogens is 405 g/mol. The van der Waals surface area contributed by atoms with Crippen LogP contribution in [-0.2, 0) is 6.54 Å². The van der Waals surface area contributed by atoms with E-state index in [1.165, 1.54) is 11.3 Å². The van der Waals surface area contributed by atoms with Gasteiger partial charge in [0, 0.05) is 23.9 Å². The van der Waals surface area contributed by atoms with Gasteiger partial charge in [0.25, 0.3) is 0 Å². The highest BCUT2D eigenvalue weighted by Crippen LogP contribution is 2.34. The molecule has 0 atom stereocenters. The van der Waals surface area contributed by atoms with E-state index >= 15 is 0 Å². The van der Waals surface area contributed by atoms with E-state index in [0.29, 0.717) is 30.8 Å². The molecule has 5 rings (SSSR count). The van der Waals surface area contributed by atoms with Gasteiger partial charge in [0.2, 0.25) is 5.95 Å². The number of aromatic nitrogens is 4. The van der Waals surface area contributed by atoms with Crippen LogP contribution in [0.25, 0.3) is 21.5 Å². The number of benzene rings is 1. The summed E-state index contributed by atoms with van der Waals surface area (Å²) in [6, 6.07) is 6.11. The molecule has 0 saturated carbocycles. The van der Waals surface area contributed by atoms with Crippen LogP contribution in [0.15, 0.2) is 30.6 Å². The number of nitrogen functional groups attached to an aromatic ring is 2. The molecule has 1 aliphatic heterocycles. The Balaban J connectivity index is 1.54. The molecule has 4 heterocycles. The lowest BCUT2D eigenvalue weighted by Gasteiger charge is -2.20. The number of thiazole rings is 1. The second-order valence-corrected chi connectivity index (χ2v) is 8.06. The summed E-state index contributed by atoms with van der Waals surface area (Å²) in [7, 11) is 0. The summed E-state index contributed by atoms with van der Waals surface area (Å²) in [6.07, 6.45) is 2.91. The number of anilines is 3. The zero-order valence-electron chi connectivity index (χ0n) is 16.1. The fourth-order valence-corrected chi connectivity index (χ4v) is 4.23. The molecular formula is C20H18FN7OS. The normalized spacial score (nSPS) is 13.7. The summed E-state index contributed by atoms with van der Waals surface area (Å²) >= 11 is 1.36. The first-order chi connectivity index (χ1) is 14.5. The number of halogens is 1. The fraction of sp³-hybridized carbons (Fsp3) is 0.200. The van der Waals surface area contributed by atoms with E-state index in [2.05, 4.69) is 32.1 Å². The molecule has 3 aromatic heterocycles. The van der Waals surface area contributed by atoms with E-state index in [0.717, 1.165) is 44.5 Å². The van der Waals surface area contributed by atoms with Crippen LogP contribution < -0.4 is 21.1 Å². The summed E-state index contributed by atoms with van der Waals surface area (Å²) in [5, 5.41) is 0.496. The Morgan fingerprint density at radius 3 is 2.80 bits per heavy atom. The molecule has 1 aromatic carbocycles. The largest absolute Gasteiger partial charge is 0.491 e. The first kappa shape index (κ1) is 18.5. The Kier molecular flexibility index (Phi) is 4.35. The highest BCUT2D eigenvalue weighted by Gasteiger charge is 2.21. The first-order valence-electron chi connectivity index (χ1n) is 9.29. The predicted octanol–water partition coefficient (Wildman–Crippen LogP) is 3.16. The minimum atomic E-state index is -0.631. The summed E-state index contributed by atoms with van der Waals surface area (Å²) in [5.41, 5.74) is 16.1. The molecule has 4 N–H and O–H groups in total. The van der Waals surface area contributed by atoms with Gasteiger partial charge in [-0.15, -0.1) is 0 Å². The van der Waals surface area contributed by atoms with Crippen molar-refractivity contribution in [1.29, 1.82) is 0 Å². The maximum Gasteiger partial charge on any atom is 0.227 e. The van der Waals surface area contributed by atoms with Crippen molar-refractivity contribution in [3.8, 4) is 16.9 Å². The summed E-state index contributed by atoms with van der Waals surface area (Å²) in [6.45, 7) is 3.53. The maximum absolute atomic E-state index is 13.5. The highest BCUT2D eigenvalue weighted by molar-refractivity contribution is 7.21. The number of hydrogen-bond donors (Lipinski definition) is 2. The molecule has 30 heavy (non-hydrogen) atoms. The molecule has 0 fully saturated rings. The fourth-order valence-electron chi connectivity index (χ4n) is 3.57. The van der Waals surface area contributed by atoms with Crippen molar-refractivity contribution in [2.24, 2.45) is 0 Å². The van der Waals surface area contributed by atoms with Gasteiger partial charge in [0.05, 0.1) is 12.7 Å². The van der Waals surface area contributed by atoms with Crippen LogP contribution >= 0.6 is 11.3 Å². The average Bonchev–Trinajstić information content (AvgIpc) is 2.95. The van der Waals surface area contributed by atoms with Gasteiger partial charge in [-0.2, -0.15) is 4.98 Å². The topological polar surface area (TPSA) is 116 Å². The van der Waals surface area contributed by atoms with Crippen LogP contribution in [0, 0.1) is 12.7 Å². The third-order valence-corrected chi connectivity index (χ3v) is 5.77. The molecule has 0 amide bonds. The molecule has 4 aromatic rings. The Morgan fingerprint density at radius 2 is 1.97 bits per heavy atom. The van der Waals surface area contributed by atoms with Gasteiger partial charge < -0.3 is 21.1 Å². The number of aryl methyl sites for hydroxylation is 1. The Bertz CT molecular complexity index is 1280. The number of fused-ring (bicyclic) bond motifs is 2. The highest BCUT2D eigenvalue weighted by atomic mass is 32.1. The van der Waals surface area contributed by atoms with E-state index < -0.39 is 5.82 Å². The van der Waals surface area contributed by atoms with Gasteiger partial charge in [0.15, 0.2) is 16.8 Å². The van der Waals surface area contributed by atoms with Gasteiger partial charge in [0.1, 0.15) is 22.7 Å². The second kappa shape index (κ2) is 7.06. The number of pyridine rings is 1. The van der Waals surface area contributed by atoms with E-state index in [4.69, 9.17) is 16.2 Å². The quantitative estimate of drug-likeness (QED) is 0.505. The van der Waals surface area contributed by atoms with Crippen molar-refractivity contribution in [2.45, 2.75) is 13.5 Å². The van der Waals surface area contributed by atoms with Crippen LogP contribution in [0.4, 0.5) is 21.3 Å². The summed E-state index contributed by atoms with van der Waals surface area (Å²) in [4.78, 5) is 19.7. The van der Waals surface area contributed by atoms with E-state index in [1.807, 2.05) is 24.1 Å². The number of rotatable bonds is 2. The Labute approximate surface area is 175 Å². The van der Waals surface area contributed by atoms with Crippen molar-refractivity contribution in [3.63, 3.8) is 0 Å². The molecule has 0 saturated heterocycles. The van der Waals surface area contributed by atoms with Crippen LogP contribution in [0.5, 0.6) is 5.75 Å². The molecule has 8 nitrogen and oxygen atoms in total. The lowest BCUT2D eigenvalue weighted by Crippen LogP contribution is -2.27. The zero-order valence-corrected chi connectivity index (χ0v) is 16.9. The average molecular weight is 423 g/mol. The Morgan fingerprint density at radius 1 is 1.10 bits per heavy atom. The monoisotopic (exact) mass is 423 g/mol. The van der Waals surface area contributed by atoms with Crippen molar-refractivity contribution in [2.75, 3.05) is 29.5 Å². The van der Waals surface area contributed by atoms with Gasteiger partial charge in [-0.3, -0.25) is 0 Å². The molecule has 1 aliphatic rings. The number of ether oxygens (including phenoxy) is 1. The summed E-state index contributed by atoms with van der Waals surface area (Å²) in [5.74, 6) is 0.406. The molecule has 0 radical (unpaired) electrons. The van der Waals surface area contributed by atoms with Crippen LogP contribution in [0.1, 0.15) is 11.1 Å². The molecule has 0 spiro atoms. The Hall–Kier alpha value is -3.53. The minimum absolute atomic E-state index is 0.169. The minimum Gasteiger partial charge on any atom is -0.491 e. The van der Waals surface area contributed by atoms with Gasteiger partial charge in [-0.1, -0.05) is 11.3 Å². The van der Waals surface area contributed by atoms with Gasteiger partial charge in [-0.05, 0) is 36.2 Å². The van der Waals surface area contributed by atoms with Crippen LogP contribution in [0.3, 0.4) is 0 Å². The zero-order chi connectivity index (χ0) is 20.8. The number of nitrogens with two attached hydrogens (primary N) is 2. The van der Waals surface area contributed by atoms with Crippen molar-refractivity contribution < 1.29 is 9.13 Å². The molecule has 152 valence electrons. The molecule has 0 unspecified atom stereocenters. The SMILES string of the molecule is Cc1cc(-c2cnc3sc(N)nc3c2)cc2c1OCCN(c1ncc(F)c(N)n1)C2. The number of hydrogen-bond acceptors (Lipinski definition) is 9. The maximum atomic E-state index is 13.5. The predicted molar refractivity (Wildman–Crippen MR) is 115 cm³/mol. The van der Waals surface area contributed by atoms with Crippen molar-refractivity contribution >= 4 is 38.6 Å². The van der Waals surface area contributed by atoms with E-state index in [-0.39, 0.29) is 5.82 Å². The van der Waals surface area contributed by atoms with Crippen molar-refractivity contribution in [3.05, 3.63) is 47.5 Å². The summed E-state index contributed by atoms with van der Waals surface area (Å²) < 4.78 is 19.5. The second-order valence-electron chi connectivity index (χ2n) is 7.05.